The van der Waals surface area contributed by atoms with Gasteiger partial charge in [0.15, 0.2) is 0 Å². The van der Waals surface area contributed by atoms with E-state index in [9.17, 15) is 0 Å². The topological polar surface area (TPSA) is 27.7 Å². The van der Waals surface area contributed by atoms with E-state index in [0.717, 1.165) is 29.7 Å². The molecule has 0 atom stereocenters. The van der Waals surface area contributed by atoms with Crippen molar-refractivity contribution in [1.29, 1.82) is 0 Å². The monoisotopic (exact) mass is 474 g/mol. The Morgan fingerprint density at radius 2 is 0.938 bits per heavy atom. The number of hydrogen-bond donors (Lipinski definition) is 0. The first-order valence-electron chi connectivity index (χ1n) is 14.3. The molecule has 0 aromatic rings. The van der Waals surface area contributed by atoms with Crippen molar-refractivity contribution in [3.05, 3.63) is 0 Å². The average Bonchev–Trinajstić information content (AvgIpc) is 2.78. The van der Waals surface area contributed by atoms with Crippen LogP contribution in [0.5, 0.6) is 0 Å². The smallest absolute Gasteiger partial charge is 0.325 e. The maximum absolute atomic E-state index is 6.61. The lowest BCUT2D eigenvalue weighted by atomic mass is 9.94. The largest absolute Gasteiger partial charge is 0.784 e. The second-order valence-electron chi connectivity index (χ2n) is 9.49. The summed E-state index contributed by atoms with van der Waals surface area (Å²) in [5.41, 5.74) is 0. The SMILES string of the molecule is CCCCCC[N+](CCCCCC)(CCC(CCC)CCC)[Si](OCC)(OCC)OCC. The van der Waals surface area contributed by atoms with Crippen LogP contribution >= 0.6 is 0 Å². The highest BCUT2D eigenvalue weighted by Crippen LogP contribution is 2.31. The fourth-order valence-corrected chi connectivity index (χ4v) is 8.62. The van der Waals surface area contributed by atoms with E-state index in [2.05, 4.69) is 48.5 Å². The molecule has 5 heteroatoms. The minimum atomic E-state index is -2.87. The van der Waals surface area contributed by atoms with Gasteiger partial charge in [0.05, 0.1) is 19.6 Å². The van der Waals surface area contributed by atoms with Gasteiger partial charge >= 0.3 is 8.97 Å². The number of quaternary nitrogens is 1. The molecule has 0 spiro atoms. The standard InChI is InChI=1S/C27H60NO3Si/c1-8-15-17-19-24-28(25-20-18-16-9-2,26-23-27(21-10-3)22-11-4)32(29-12-5,30-13-6)31-14-7/h27H,8-26H2,1-7H3/q+1. The van der Waals surface area contributed by atoms with Gasteiger partial charge in [0, 0.05) is 19.8 Å². The van der Waals surface area contributed by atoms with Gasteiger partial charge in [-0.25, -0.2) is 0 Å². The molecule has 0 N–H and O–H groups in total. The van der Waals surface area contributed by atoms with Crippen LogP contribution in [0.25, 0.3) is 0 Å². The molecule has 0 amide bonds. The quantitative estimate of drug-likeness (QED) is 0.104. The Morgan fingerprint density at radius 1 is 0.500 bits per heavy atom. The summed E-state index contributed by atoms with van der Waals surface area (Å²) in [6.07, 6.45) is 16.8. The second kappa shape index (κ2) is 20.4. The van der Waals surface area contributed by atoms with Gasteiger partial charge in [-0.1, -0.05) is 79.1 Å². The molecular weight excluding hydrogens is 414 g/mol. The van der Waals surface area contributed by atoms with Crippen molar-refractivity contribution < 1.29 is 17.4 Å². The van der Waals surface area contributed by atoms with E-state index in [0.29, 0.717) is 19.8 Å². The van der Waals surface area contributed by atoms with Crippen LogP contribution in [0.15, 0.2) is 0 Å². The predicted molar refractivity (Wildman–Crippen MR) is 142 cm³/mol. The maximum atomic E-state index is 6.61. The van der Waals surface area contributed by atoms with Crippen molar-refractivity contribution in [3.8, 4) is 0 Å². The molecule has 0 aliphatic carbocycles. The molecule has 4 nitrogen and oxygen atoms in total. The summed E-state index contributed by atoms with van der Waals surface area (Å²) in [6.45, 7) is 21.0. The molecule has 0 aromatic carbocycles. The third kappa shape index (κ3) is 11.5. The molecule has 0 bridgehead atoms. The highest BCUT2D eigenvalue weighted by molar-refractivity contribution is 6.52. The Morgan fingerprint density at radius 3 is 1.28 bits per heavy atom. The second-order valence-corrected chi connectivity index (χ2v) is 12.4. The Balaban J connectivity index is 6.05. The summed E-state index contributed by atoms with van der Waals surface area (Å²) in [7, 11) is -2.87. The molecule has 0 rings (SSSR count). The van der Waals surface area contributed by atoms with Gasteiger partial charge < -0.3 is 17.4 Å². The van der Waals surface area contributed by atoms with E-state index in [-0.39, 0.29) is 0 Å². The average molecular weight is 475 g/mol. The molecule has 0 aromatic heterocycles. The van der Waals surface area contributed by atoms with Crippen LogP contribution in [0, 0.1) is 5.92 Å². The van der Waals surface area contributed by atoms with E-state index < -0.39 is 8.97 Å². The molecule has 0 saturated carbocycles. The Bertz CT molecular complexity index is 373. The summed E-state index contributed by atoms with van der Waals surface area (Å²) in [6, 6.07) is 0. The summed E-state index contributed by atoms with van der Waals surface area (Å²) in [5, 5.41) is 0. The number of hydrogen-bond acceptors (Lipinski definition) is 3. The van der Waals surface area contributed by atoms with Crippen LogP contribution in [-0.4, -0.2) is 52.6 Å². The van der Waals surface area contributed by atoms with Gasteiger partial charge in [0.25, 0.3) is 0 Å². The fourth-order valence-electron chi connectivity index (χ4n) is 5.19. The van der Waals surface area contributed by atoms with Crippen molar-refractivity contribution in [2.75, 3.05) is 39.5 Å². The van der Waals surface area contributed by atoms with Crippen molar-refractivity contribution >= 4 is 8.97 Å². The minimum Gasteiger partial charge on any atom is -0.325 e. The van der Waals surface area contributed by atoms with Crippen molar-refractivity contribution in [2.45, 2.75) is 132 Å². The molecule has 0 heterocycles. The van der Waals surface area contributed by atoms with Crippen LogP contribution in [-0.2, 0) is 13.3 Å². The lowest BCUT2D eigenvalue weighted by Crippen LogP contribution is -2.74. The summed E-state index contributed by atoms with van der Waals surface area (Å²) in [4.78, 5) is 0. The first kappa shape index (κ1) is 32.1. The third-order valence-corrected chi connectivity index (χ3v) is 10.6. The number of nitrogens with zero attached hydrogens (tertiary/aromatic N) is 1. The van der Waals surface area contributed by atoms with Crippen LogP contribution in [0.3, 0.4) is 0 Å². The molecule has 0 aliphatic rings. The first-order valence-corrected chi connectivity index (χ1v) is 16.0. The van der Waals surface area contributed by atoms with E-state index in [1.807, 2.05) is 0 Å². The van der Waals surface area contributed by atoms with E-state index in [1.54, 1.807) is 0 Å². The van der Waals surface area contributed by atoms with Gasteiger partial charge in [-0.3, -0.25) is 0 Å². The summed E-state index contributed by atoms with van der Waals surface area (Å²) in [5.74, 6) is 0.811. The van der Waals surface area contributed by atoms with Crippen LogP contribution in [0.1, 0.15) is 132 Å². The molecule has 0 radical (unpaired) electrons. The lowest BCUT2D eigenvalue weighted by Gasteiger charge is -2.48. The Hall–Kier alpha value is 0.0569. The van der Waals surface area contributed by atoms with Crippen LogP contribution in [0.2, 0.25) is 0 Å². The molecule has 0 saturated heterocycles. The highest BCUT2D eigenvalue weighted by atomic mass is 28.4. The van der Waals surface area contributed by atoms with Crippen LogP contribution in [0.4, 0.5) is 0 Å². The zero-order valence-corrected chi connectivity index (χ0v) is 24.2. The molecule has 0 fully saturated rings. The van der Waals surface area contributed by atoms with Gasteiger partial charge in [-0.2, -0.15) is 0 Å². The van der Waals surface area contributed by atoms with Gasteiger partial charge in [-0.15, -0.1) is 0 Å². The number of rotatable bonds is 24. The maximum Gasteiger partial charge on any atom is 0.784 e. The van der Waals surface area contributed by atoms with Crippen molar-refractivity contribution in [3.63, 3.8) is 0 Å². The summed E-state index contributed by atoms with van der Waals surface area (Å²) >= 11 is 0. The number of unbranched alkanes of at least 4 members (excludes halogenated alkanes) is 6. The van der Waals surface area contributed by atoms with Crippen molar-refractivity contribution in [1.82, 2.24) is 0 Å². The third-order valence-electron chi connectivity index (χ3n) is 6.80. The molecular formula is C27H60NO3Si+. The van der Waals surface area contributed by atoms with E-state index >= 15 is 0 Å². The molecule has 32 heavy (non-hydrogen) atoms. The fraction of sp³-hybridized carbons (Fsp3) is 1.00. The van der Waals surface area contributed by atoms with Crippen LogP contribution < -0.4 is 0 Å². The zero-order chi connectivity index (χ0) is 24.1. The first-order chi connectivity index (χ1) is 15.5. The summed E-state index contributed by atoms with van der Waals surface area (Å²) < 4.78 is 20.8. The van der Waals surface area contributed by atoms with Gasteiger partial charge in [0.2, 0.25) is 0 Å². The predicted octanol–water partition coefficient (Wildman–Crippen LogP) is 8.12. The van der Waals surface area contributed by atoms with Gasteiger partial charge in [0.1, 0.15) is 0 Å². The lowest BCUT2D eigenvalue weighted by molar-refractivity contribution is -0.861. The molecule has 0 aliphatic heterocycles. The highest BCUT2D eigenvalue weighted by Gasteiger charge is 2.64. The normalized spacial score (nSPS) is 12.8. The van der Waals surface area contributed by atoms with Gasteiger partial charge in [-0.05, 0) is 58.8 Å². The van der Waals surface area contributed by atoms with Crippen molar-refractivity contribution in [2.24, 2.45) is 5.92 Å². The molecule has 194 valence electrons. The van der Waals surface area contributed by atoms with E-state index in [4.69, 9.17) is 13.3 Å². The minimum absolute atomic E-state index is 0.670. The molecule has 0 unspecified atom stereocenters. The Labute approximate surface area is 203 Å². The zero-order valence-electron chi connectivity index (χ0n) is 23.2. The Kier molecular flexibility index (Phi) is 20.5. The van der Waals surface area contributed by atoms with E-state index in [1.165, 1.54) is 83.5 Å².